The minimum atomic E-state index is -0.421. The molecule has 2 nitrogen and oxygen atoms in total. The minimum absolute atomic E-state index is 0.421. The van der Waals surface area contributed by atoms with Gasteiger partial charge in [-0.2, -0.15) is 0 Å². The monoisotopic (exact) mass is 297 g/mol. The van der Waals surface area contributed by atoms with Crippen LogP contribution in [-0.2, 0) is 0 Å². The van der Waals surface area contributed by atoms with Gasteiger partial charge in [0.15, 0.2) is 0 Å². The van der Waals surface area contributed by atoms with Gasteiger partial charge in [-0.3, -0.25) is 0 Å². The quantitative estimate of drug-likeness (QED) is 0.874. The third-order valence-corrected chi connectivity index (χ3v) is 4.22. The van der Waals surface area contributed by atoms with Crippen molar-refractivity contribution in [3.8, 4) is 0 Å². The van der Waals surface area contributed by atoms with Gasteiger partial charge in [0.2, 0.25) is 0 Å². The molecule has 0 aliphatic heterocycles. The lowest BCUT2D eigenvalue weighted by Gasteiger charge is -2.32. The van der Waals surface area contributed by atoms with Gasteiger partial charge in [-0.1, -0.05) is 34.5 Å². The van der Waals surface area contributed by atoms with Crippen LogP contribution in [0.2, 0.25) is 0 Å². The SMILES string of the molecule is CC(NCC(O)c1cccc(Br)c1)C1CCC1. The fourth-order valence-electron chi connectivity index (χ4n) is 2.24. The zero-order valence-corrected chi connectivity index (χ0v) is 11.8. The van der Waals surface area contributed by atoms with Gasteiger partial charge in [0, 0.05) is 17.1 Å². The summed E-state index contributed by atoms with van der Waals surface area (Å²) in [5, 5.41) is 13.5. The van der Waals surface area contributed by atoms with E-state index >= 15 is 0 Å². The summed E-state index contributed by atoms with van der Waals surface area (Å²) in [6.45, 7) is 2.85. The van der Waals surface area contributed by atoms with E-state index in [1.54, 1.807) is 0 Å². The highest BCUT2D eigenvalue weighted by atomic mass is 79.9. The Bertz CT molecular complexity index is 365. The topological polar surface area (TPSA) is 32.3 Å². The molecule has 0 spiro atoms. The molecular formula is C14H20BrNO. The summed E-state index contributed by atoms with van der Waals surface area (Å²) in [5.74, 6) is 0.810. The minimum Gasteiger partial charge on any atom is -0.387 e. The molecule has 0 bridgehead atoms. The van der Waals surface area contributed by atoms with Crippen molar-refractivity contribution in [2.45, 2.75) is 38.3 Å². The van der Waals surface area contributed by atoms with Gasteiger partial charge >= 0.3 is 0 Å². The number of aliphatic hydroxyl groups is 1. The largest absolute Gasteiger partial charge is 0.387 e. The van der Waals surface area contributed by atoms with E-state index in [9.17, 15) is 5.11 Å². The lowest BCUT2D eigenvalue weighted by atomic mass is 9.80. The Balaban J connectivity index is 1.82. The van der Waals surface area contributed by atoms with Gasteiger partial charge in [-0.05, 0) is 43.4 Å². The Labute approximate surface area is 112 Å². The molecule has 1 aliphatic rings. The molecule has 0 saturated heterocycles. The lowest BCUT2D eigenvalue weighted by Crippen LogP contribution is -2.39. The van der Waals surface area contributed by atoms with Crippen LogP contribution in [0.3, 0.4) is 0 Å². The Hall–Kier alpha value is -0.380. The highest BCUT2D eigenvalue weighted by molar-refractivity contribution is 9.10. The summed E-state index contributed by atoms with van der Waals surface area (Å²) >= 11 is 3.42. The number of hydrogen-bond acceptors (Lipinski definition) is 2. The summed E-state index contributed by atoms with van der Waals surface area (Å²) in [4.78, 5) is 0. The summed E-state index contributed by atoms with van der Waals surface area (Å²) < 4.78 is 1.01. The van der Waals surface area contributed by atoms with Crippen molar-refractivity contribution < 1.29 is 5.11 Å². The van der Waals surface area contributed by atoms with E-state index in [0.717, 1.165) is 16.0 Å². The second-order valence-corrected chi connectivity index (χ2v) is 5.87. The smallest absolute Gasteiger partial charge is 0.0914 e. The second-order valence-electron chi connectivity index (χ2n) is 4.96. The van der Waals surface area contributed by atoms with Gasteiger partial charge in [-0.15, -0.1) is 0 Å². The molecule has 0 radical (unpaired) electrons. The standard InChI is InChI=1S/C14H20BrNO/c1-10(11-4-2-5-11)16-9-14(17)12-6-3-7-13(15)8-12/h3,6-8,10-11,14,16-17H,2,4-5,9H2,1H3. The van der Waals surface area contributed by atoms with Crippen molar-refractivity contribution in [1.82, 2.24) is 5.32 Å². The molecular weight excluding hydrogens is 278 g/mol. The van der Waals surface area contributed by atoms with Crippen LogP contribution < -0.4 is 5.32 Å². The Morgan fingerprint density at radius 3 is 2.82 bits per heavy atom. The molecule has 17 heavy (non-hydrogen) atoms. The summed E-state index contributed by atoms with van der Waals surface area (Å²) in [6, 6.07) is 8.38. The normalized spacial score (nSPS) is 19.7. The van der Waals surface area contributed by atoms with Crippen molar-refractivity contribution in [1.29, 1.82) is 0 Å². The lowest BCUT2D eigenvalue weighted by molar-refractivity contribution is 0.155. The number of halogens is 1. The fourth-order valence-corrected chi connectivity index (χ4v) is 2.65. The van der Waals surface area contributed by atoms with E-state index in [1.165, 1.54) is 19.3 Å². The average Bonchev–Trinajstić information content (AvgIpc) is 2.23. The molecule has 2 atom stereocenters. The number of hydrogen-bond donors (Lipinski definition) is 2. The first-order valence-corrected chi connectivity index (χ1v) is 7.13. The number of aliphatic hydroxyl groups excluding tert-OH is 1. The Kier molecular flexibility index (Phi) is 4.60. The molecule has 0 heterocycles. The number of rotatable bonds is 5. The van der Waals surface area contributed by atoms with Crippen molar-refractivity contribution >= 4 is 15.9 Å². The molecule has 3 heteroatoms. The maximum Gasteiger partial charge on any atom is 0.0914 e. The van der Waals surface area contributed by atoms with Gasteiger partial charge in [0.1, 0.15) is 0 Å². The average molecular weight is 298 g/mol. The van der Waals surface area contributed by atoms with Gasteiger partial charge in [-0.25, -0.2) is 0 Å². The van der Waals surface area contributed by atoms with Crippen molar-refractivity contribution in [3.63, 3.8) is 0 Å². The first kappa shape index (κ1) is 13.1. The molecule has 2 unspecified atom stereocenters. The predicted octanol–water partition coefficient (Wildman–Crippen LogP) is 3.26. The molecule has 1 aliphatic carbocycles. The fraction of sp³-hybridized carbons (Fsp3) is 0.571. The number of benzene rings is 1. The van der Waals surface area contributed by atoms with Crippen LogP contribution in [0.15, 0.2) is 28.7 Å². The van der Waals surface area contributed by atoms with E-state index in [1.807, 2.05) is 24.3 Å². The third kappa shape index (κ3) is 3.54. The summed E-state index contributed by atoms with van der Waals surface area (Å²) in [6.07, 6.45) is 3.61. The molecule has 1 saturated carbocycles. The highest BCUT2D eigenvalue weighted by Crippen LogP contribution is 2.29. The summed E-state index contributed by atoms with van der Waals surface area (Å²) in [5.41, 5.74) is 0.965. The molecule has 1 fully saturated rings. The molecule has 2 rings (SSSR count). The maximum absolute atomic E-state index is 10.1. The van der Waals surface area contributed by atoms with Crippen LogP contribution in [-0.4, -0.2) is 17.7 Å². The predicted molar refractivity (Wildman–Crippen MR) is 73.9 cm³/mol. The molecule has 0 aromatic heterocycles. The van der Waals surface area contributed by atoms with Crippen LogP contribution in [0, 0.1) is 5.92 Å². The van der Waals surface area contributed by atoms with Crippen molar-refractivity contribution in [2.24, 2.45) is 5.92 Å². The van der Waals surface area contributed by atoms with E-state index in [0.29, 0.717) is 12.6 Å². The van der Waals surface area contributed by atoms with Crippen LogP contribution >= 0.6 is 15.9 Å². The molecule has 2 N–H and O–H groups in total. The first-order valence-electron chi connectivity index (χ1n) is 6.33. The number of nitrogens with one attached hydrogen (secondary N) is 1. The molecule has 1 aromatic carbocycles. The van der Waals surface area contributed by atoms with Crippen LogP contribution in [0.4, 0.5) is 0 Å². The van der Waals surface area contributed by atoms with E-state index in [2.05, 4.69) is 28.2 Å². The van der Waals surface area contributed by atoms with Gasteiger partial charge < -0.3 is 10.4 Å². The zero-order chi connectivity index (χ0) is 12.3. The van der Waals surface area contributed by atoms with Crippen molar-refractivity contribution in [3.05, 3.63) is 34.3 Å². The van der Waals surface area contributed by atoms with Crippen LogP contribution in [0.1, 0.15) is 37.9 Å². The first-order chi connectivity index (χ1) is 8.16. The van der Waals surface area contributed by atoms with E-state index < -0.39 is 6.10 Å². The zero-order valence-electron chi connectivity index (χ0n) is 10.2. The van der Waals surface area contributed by atoms with E-state index in [4.69, 9.17) is 0 Å². The van der Waals surface area contributed by atoms with Crippen LogP contribution in [0.25, 0.3) is 0 Å². The summed E-state index contributed by atoms with van der Waals surface area (Å²) in [7, 11) is 0. The third-order valence-electron chi connectivity index (χ3n) is 3.72. The van der Waals surface area contributed by atoms with E-state index in [-0.39, 0.29) is 0 Å². The molecule has 1 aromatic rings. The second kappa shape index (κ2) is 5.98. The highest BCUT2D eigenvalue weighted by Gasteiger charge is 2.23. The van der Waals surface area contributed by atoms with Crippen molar-refractivity contribution in [2.75, 3.05) is 6.54 Å². The molecule has 94 valence electrons. The maximum atomic E-state index is 10.1. The Morgan fingerprint density at radius 2 is 2.24 bits per heavy atom. The molecule has 0 amide bonds. The Morgan fingerprint density at radius 1 is 1.47 bits per heavy atom. The van der Waals surface area contributed by atoms with Crippen LogP contribution in [0.5, 0.6) is 0 Å². The van der Waals surface area contributed by atoms with Gasteiger partial charge in [0.25, 0.3) is 0 Å². The van der Waals surface area contributed by atoms with Gasteiger partial charge in [0.05, 0.1) is 6.10 Å².